The predicted octanol–water partition coefficient (Wildman–Crippen LogP) is -0.781. The van der Waals surface area contributed by atoms with Gasteiger partial charge in [-0.2, -0.15) is 0 Å². The molecule has 2 rings (SSSR count). The molecule has 17 heavy (non-hydrogen) atoms. The summed E-state index contributed by atoms with van der Waals surface area (Å²) in [5.74, 6) is 5.62. The summed E-state index contributed by atoms with van der Waals surface area (Å²) < 4.78 is 0. The number of nitrogens with zero attached hydrogens (tertiary/aromatic N) is 2. The fraction of sp³-hybridized carbons (Fsp3) is 0.300. The van der Waals surface area contributed by atoms with Gasteiger partial charge in [0.25, 0.3) is 0 Å². The normalized spacial score (nSPS) is 20.1. The maximum Gasteiger partial charge on any atom is 0.249 e. The lowest BCUT2D eigenvalue weighted by Gasteiger charge is -2.32. The molecule has 1 aromatic rings. The lowest BCUT2D eigenvalue weighted by Crippen LogP contribution is -2.57. The third kappa shape index (κ3) is 2.18. The van der Waals surface area contributed by atoms with E-state index in [9.17, 15) is 9.59 Å². The van der Waals surface area contributed by atoms with Crippen LogP contribution >= 0.6 is 0 Å². The van der Waals surface area contributed by atoms with Crippen molar-refractivity contribution in [3.05, 3.63) is 18.2 Å². The highest BCUT2D eigenvalue weighted by Crippen LogP contribution is 2.18. The Morgan fingerprint density at radius 2 is 2.29 bits per heavy atom. The standard InChI is InChI=1S/C10H13N5O2/c1-6-10(17)13-9(16)5-15(6)8-4-2-3-7(12-8)14-11/h2-4,6H,5,11H2,1H3,(H,12,14)(H,13,16,17). The van der Waals surface area contributed by atoms with Crippen LogP contribution in [0.3, 0.4) is 0 Å². The Labute approximate surface area is 98.0 Å². The molecule has 7 heteroatoms. The van der Waals surface area contributed by atoms with Gasteiger partial charge in [-0.3, -0.25) is 14.9 Å². The molecule has 1 aliphatic heterocycles. The van der Waals surface area contributed by atoms with Gasteiger partial charge in [-0.25, -0.2) is 10.8 Å². The second kappa shape index (κ2) is 4.38. The van der Waals surface area contributed by atoms with Gasteiger partial charge < -0.3 is 10.3 Å². The molecule has 1 saturated heterocycles. The molecule has 1 aromatic heterocycles. The number of nitrogen functional groups attached to an aromatic ring is 1. The van der Waals surface area contributed by atoms with Crippen molar-refractivity contribution in [3.8, 4) is 0 Å². The molecule has 1 fully saturated rings. The molecule has 90 valence electrons. The van der Waals surface area contributed by atoms with Gasteiger partial charge >= 0.3 is 0 Å². The molecular formula is C10H13N5O2. The summed E-state index contributed by atoms with van der Waals surface area (Å²) in [6.45, 7) is 1.82. The van der Waals surface area contributed by atoms with Crippen LogP contribution in [0.2, 0.25) is 0 Å². The van der Waals surface area contributed by atoms with Gasteiger partial charge in [-0.1, -0.05) is 6.07 Å². The number of imide groups is 1. The lowest BCUT2D eigenvalue weighted by atomic mass is 10.2. The summed E-state index contributed by atoms with van der Waals surface area (Å²) in [4.78, 5) is 28.6. The quantitative estimate of drug-likeness (QED) is 0.353. The van der Waals surface area contributed by atoms with Gasteiger partial charge in [0.15, 0.2) is 0 Å². The van der Waals surface area contributed by atoms with E-state index in [4.69, 9.17) is 5.84 Å². The second-order valence-electron chi connectivity index (χ2n) is 3.74. The summed E-state index contributed by atoms with van der Waals surface area (Å²) in [7, 11) is 0. The first-order valence-electron chi connectivity index (χ1n) is 5.16. The van der Waals surface area contributed by atoms with Crippen molar-refractivity contribution in [3.63, 3.8) is 0 Å². The van der Waals surface area contributed by atoms with Crippen molar-refractivity contribution in [2.45, 2.75) is 13.0 Å². The van der Waals surface area contributed by atoms with E-state index < -0.39 is 6.04 Å². The smallest absolute Gasteiger partial charge is 0.249 e. The minimum atomic E-state index is -0.437. The number of carbonyl (C=O) groups excluding carboxylic acids is 2. The van der Waals surface area contributed by atoms with Crippen LogP contribution in [0.1, 0.15) is 6.92 Å². The number of nitrogens with two attached hydrogens (primary N) is 1. The second-order valence-corrected chi connectivity index (χ2v) is 3.74. The Morgan fingerprint density at radius 3 is 3.00 bits per heavy atom. The van der Waals surface area contributed by atoms with Gasteiger partial charge in [0, 0.05) is 0 Å². The zero-order valence-corrected chi connectivity index (χ0v) is 9.30. The highest BCUT2D eigenvalue weighted by Gasteiger charge is 2.30. The number of pyridine rings is 1. The van der Waals surface area contributed by atoms with Crippen molar-refractivity contribution in [1.29, 1.82) is 0 Å². The van der Waals surface area contributed by atoms with Gasteiger partial charge in [0.05, 0.1) is 6.54 Å². The summed E-state index contributed by atoms with van der Waals surface area (Å²) >= 11 is 0. The van der Waals surface area contributed by atoms with Crippen molar-refractivity contribution in [2.75, 3.05) is 16.9 Å². The monoisotopic (exact) mass is 235 g/mol. The van der Waals surface area contributed by atoms with E-state index in [0.717, 1.165) is 0 Å². The molecule has 0 aromatic carbocycles. The minimum Gasteiger partial charge on any atom is -0.335 e. The predicted molar refractivity (Wildman–Crippen MR) is 62.0 cm³/mol. The highest BCUT2D eigenvalue weighted by atomic mass is 16.2. The maximum absolute atomic E-state index is 11.5. The fourth-order valence-corrected chi connectivity index (χ4v) is 1.66. The van der Waals surface area contributed by atoms with Crippen LogP contribution in [-0.2, 0) is 9.59 Å². The Bertz CT molecular complexity index is 462. The average Bonchev–Trinajstić information content (AvgIpc) is 2.34. The number of aromatic nitrogens is 1. The molecule has 1 aliphatic rings. The highest BCUT2D eigenvalue weighted by molar-refractivity contribution is 6.04. The molecular weight excluding hydrogens is 222 g/mol. The number of piperazine rings is 1. The van der Waals surface area contributed by atoms with E-state index in [2.05, 4.69) is 15.7 Å². The van der Waals surface area contributed by atoms with Gasteiger partial charge in [0.1, 0.15) is 17.7 Å². The summed E-state index contributed by atoms with van der Waals surface area (Å²) in [6, 6.07) is 4.73. The van der Waals surface area contributed by atoms with Crippen LogP contribution in [0.15, 0.2) is 18.2 Å². The molecule has 0 aliphatic carbocycles. The van der Waals surface area contributed by atoms with E-state index >= 15 is 0 Å². The molecule has 0 spiro atoms. The van der Waals surface area contributed by atoms with E-state index in [0.29, 0.717) is 11.6 Å². The molecule has 7 nitrogen and oxygen atoms in total. The molecule has 1 atom stereocenters. The Morgan fingerprint density at radius 1 is 1.53 bits per heavy atom. The topological polar surface area (TPSA) is 100 Å². The minimum absolute atomic E-state index is 0.105. The first kappa shape index (κ1) is 11.3. The Hall–Kier alpha value is -2.15. The lowest BCUT2D eigenvalue weighted by molar-refractivity contribution is -0.132. The van der Waals surface area contributed by atoms with Crippen molar-refractivity contribution in [2.24, 2.45) is 5.84 Å². The van der Waals surface area contributed by atoms with Gasteiger partial charge in [-0.15, -0.1) is 0 Å². The first-order valence-corrected chi connectivity index (χ1v) is 5.16. The molecule has 1 unspecified atom stereocenters. The SMILES string of the molecule is CC1C(=O)NC(=O)CN1c1cccc(NN)n1. The van der Waals surface area contributed by atoms with Gasteiger partial charge in [-0.05, 0) is 19.1 Å². The number of hydrazine groups is 1. The number of rotatable bonds is 2. The van der Waals surface area contributed by atoms with Crippen LogP contribution in [0.25, 0.3) is 0 Å². The van der Waals surface area contributed by atoms with Crippen LogP contribution in [-0.4, -0.2) is 29.4 Å². The number of hydrogen-bond donors (Lipinski definition) is 3. The fourth-order valence-electron chi connectivity index (χ4n) is 1.66. The maximum atomic E-state index is 11.5. The van der Waals surface area contributed by atoms with E-state index in [-0.39, 0.29) is 18.4 Å². The zero-order chi connectivity index (χ0) is 12.4. The number of nitrogens with one attached hydrogen (secondary N) is 2. The zero-order valence-electron chi connectivity index (χ0n) is 9.30. The first-order chi connectivity index (χ1) is 8.11. The third-order valence-electron chi connectivity index (χ3n) is 2.60. The summed E-state index contributed by atoms with van der Waals surface area (Å²) in [5.41, 5.74) is 2.42. The van der Waals surface area contributed by atoms with E-state index in [1.807, 2.05) is 0 Å². The summed E-state index contributed by atoms with van der Waals surface area (Å²) in [5, 5.41) is 2.27. The molecule has 0 saturated carbocycles. The molecule has 2 heterocycles. The number of carbonyl (C=O) groups is 2. The largest absolute Gasteiger partial charge is 0.335 e. The summed E-state index contributed by atoms with van der Waals surface area (Å²) in [6.07, 6.45) is 0. The average molecular weight is 235 g/mol. The van der Waals surface area contributed by atoms with Crippen LogP contribution in [0, 0.1) is 0 Å². The number of hydrogen-bond acceptors (Lipinski definition) is 6. The molecule has 0 radical (unpaired) electrons. The van der Waals surface area contributed by atoms with Crippen molar-refractivity contribution in [1.82, 2.24) is 10.3 Å². The molecule has 0 bridgehead atoms. The number of anilines is 2. The molecule has 4 N–H and O–H groups in total. The van der Waals surface area contributed by atoms with Crippen molar-refractivity contribution < 1.29 is 9.59 Å². The molecule has 2 amide bonds. The van der Waals surface area contributed by atoms with Crippen LogP contribution in [0.5, 0.6) is 0 Å². The van der Waals surface area contributed by atoms with Gasteiger partial charge in [0.2, 0.25) is 11.8 Å². The Kier molecular flexibility index (Phi) is 2.92. The Balaban J connectivity index is 2.30. The van der Waals surface area contributed by atoms with E-state index in [1.165, 1.54) is 0 Å². The third-order valence-corrected chi connectivity index (χ3v) is 2.60. The van der Waals surface area contributed by atoms with Crippen molar-refractivity contribution >= 4 is 23.5 Å². The van der Waals surface area contributed by atoms with E-state index in [1.54, 1.807) is 30.0 Å². The van der Waals surface area contributed by atoms with Crippen LogP contribution in [0.4, 0.5) is 11.6 Å². The van der Waals surface area contributed by atoms with Crippen LogP contribution < -0.4 is 21.5 Å². The number of amides is 2.